The molecule has 1 amide bonds. The molecule has 0 atom stereocenters. The monoisotopic (exact) mass is 488 g/mol. The maximum absolute atomic E-state index is 12.9. The van der Waals surface area contributed by atoms with E-state index >= 15 is 0 Å². The molecule has 0 fully saturated rings. The van der Waals surface area contributed by atoms with E-state index < -0.39 is 15.9 Å². The van der Waals surface area contributed by atoms with Gasteiger partial charge in [-0.25, -0.2) is 13.1 Å². The number of hydrogen-bond donors (Lipinski definition) is 2. The summed E-state index contributed by atoms with van der Waals surface area (Å²) in [4.78, 5) is 12.9. The van der Waals surface area contributed by atoms with Gasteiger partial charge in [0.15, 0.2) is 0 Å². The van der Waals surface area contributed by atoms with Crippen LogP contribution in [0, 0.1) is 0 Å². The number of sulfonamides is 1. The second kappa shape index (κ2) is 10.7. The van der Waals surface area contributed by atoms with Gasteiger partial charge in [0, 0.05) is 22.2 Å². The number of halogens is 1. The fourth-order valence-electron chi connectivity index (χ4n) is 3.03. The van der Waals surface area contributed by atoms with Crippen molar-refractivity contribution in [2.75, 3.05) is 12.4 Å². The van der Waals surface area contributed by atoms with Crippen molar-refractivity contribution in [3.8, 4) is 11.5 Å². The summed E-state index contributed by atoms with van der Waals surface area (Å²) < 4.78 is 38.6. The van der Waals surface area contributed by atoms with E-state index in [1.165, 1.54) is 25.3 Å². The van der Waals surface area contributed by atoms with Gasteiger partial charge in [-0.15, -0.1) is 0 Å². The summed E-state index contributed by atoms with van der Waals surface area (Å²) in [5.74, 6) is 0.382. The first-order valence-corrected chi connectivity index (χ1v) is 12.0. The van der Waals surface area contributed by atoms with Crippen LogP contribution < -0.4 is 19.5 Å². The highest BCUT2D eigenvalue weighted by Gasteiger charge is 2.19. The van der Waals surface area contributed by atoms with Crippen LogP contribution in [0.15, 0.2) is 71.6 Å². The predicted molar refractivity (Wildman–Crippen MR) is 129 cm³/mol. The van der Waals surface area contributed by atoms with Gasteiger partial charge < -0.3 is 14.8 Å². The first-order valence-electron chi connectivity index (χ1n) is 10.2. The van der Waals surface area contributed by atoms with E-state index in [4.69, 9.17) is 21.1 Å². The van der Waals surface area contributed by atoms with E-state index in [0.717, 1.165) is 5.56 Å². The number of carbonyl (C=O) groups is 1. The average Bonchev–Trinajstić information content (AvgIpc) is 2.78. The number of nitrogens with one attached hydrogen (secondary N) is 2. The molecule has 33 heavy (non-hydrogen) atoms. The van der Waals surface area contributed by atoms with E-state index in [9.17, 15) is 13.2 Å². The summed E-state index contributed by atoms with van der Waals surface area (Å²) in [5, 5.41) is 3.32. The molecular weight excluding hydrogens is 464 g/mol. The lowest BCUT2D eigenvalue weighted by Crippen LogP contribution is -2.30. The normalized spacial score (nSPS) is 11.3. The summed E-state index contributed by atoms with van der Waals surface area (Å²) in [6.45, 7) is 3.70. The number of amides is 1. The van der Waals surface area contributed by atoms with Gasteiger partial charge in [0.1, 0.15) is 18.1 Å². The molecule has 0 unspecified atom stereocenters. The largest absolute Gasteiger partial charge is 0.495 e. The number of anilines is 1. The Balaban J connectivity index is 1.79. The average molecular weight is 489 g/mol. The lowest BCUT2D eigenvalue weighted by atomic mass is 10.2. The molecule has 3 aromatic carbocycles. The maximum atomic E-state index is 12.9. The molecule has 9 heteroatoms. The Morgan fingerprint density at radius 2 is 1.79 bits per heavy atom. The maximum Gasteiger partial charge on any atom is 0.255 e. The van der Waals surface area contributed by atoms with Crippen LogP contribution in [0.25, 0.3) is 0 Å². The number of ether oxygens (including phenoxy) is 2. The van der Waals surface area contributed by atoms with Gasteiger partial charge in [0.05, 0.1) is 17.7 Å². The molecule has 2 N–H and O–H groups in total. The smallest absolute Gasteiger partial charge is 0.255 e. The molecule has 0 aliphatic rings. The van der Waals surface area contributed by atoms with Crippen molar-refractivity contribution < 1.29 is 22.7 Å². The lowest BCUT2D eigenvalue weighted by molar-refractivity contribution is 0.102. The van der Waals surface area contributed by atoms with E-state index in [2.05, 4.69) is 10.0 Å². The van der Waals surface area contributed by atoms with E-state index in [1.807, 2.05) is 18.2 Å². The van der Waals surface area contributed by atoms with Crippen LogP contribution in [0.3, 0.4) is 0 Å². The SMILES string of the molecule is COc1ccc(S(=O)(=O)NC(C)C)cc1NC(=O)c1cccc(OCc2ccccc2Cl)c1. The minimum absolute atomic E-state index is 0.0177. The third kappa shape index (κ3) is 6.47. The van der Waals surface area contributed by atoms with Gasteiger partial charge in [-0.2, -0.15) is 0 Å². The Morgan fingerprint density at radius 3 is 2.48 bits per heavy atom. The number of rotatable bonds is 9. The fourth-order valence-corrected chi connectivity index (χ4v) is 4.50. The molecule has 174 valence electrons. The molecular formula is C24H25ClN2O5S. The number of benzene rings is 3. The third-order valence-corrected chi connectivity index (χ3v) is 6.59. The second-order valence-corrected chi connectivity index (χ2v) is 9.62. The van der Waals surface area contributed by atoms with Crippen molar-refractivity contribution >= 4 is 33.2 Å². The van der Waals surface area contributed by atoms with E-state index in [0.29, 0.717) is 22.1 Å². The van der Waals surface area contributed by atoms with Gasteiger partial charge in [-0.3, -0.25) is 4.79 Å². The zero-order valence-electron chi connectivity index (χ0n) is 18.5. The predicted octanol–water partition coefficient (Wildman–Crippen LogP) is 4.87. The van der Waals surface area contributed by atoms with Crippen molar-refractivity contribution in [3.63, 3.8) is 0 Å². The molecule has 3 rings (SSSR count). The Labute approximate surface area is 198 Å². The van der Waals surface area contributed by atoms with Crippen LogP contribution in [0.2, 0.25) is 5.02 Å². The first kappa shape index (κ1) is 24.6. The van der Waals surface area contributed by atoms with E-state index in [1.54, 1.807) is 44.2 Å². The molecule has 0 spiro atoms. The van der Waals surface area contributed by atoms with Crippen molar-refractivity contribution in [2.24, 2.45) is 0 Å². The molecule has 0 bridgehead atoms. The number of carbonyl (C=O) groups excluding carboxylic acids is 1. The highest BCUT2D eigenvalue weighted by atomic mass is 35.5. The van der Waals surface area contributed by atoms with Crippen LogP contribution in [-0.2, 0) is 16.6 Å². The molecule has 0 heterocycles. The summed E-state index contributed by atoms with van der Waals surface area (Å²) >= 11 is 6.16. The molecule has 0 aromatic heterocycles. The van der Waals surface area contributed by atoms with Gasteiger partial charge in [-0.1, -0.05) is 35.9 Å². The zero-order chi connectivity index (χ0) is 24.0. The quantitative estimate of drug-likeness (QED) is 0.448. The minimum atomic E-state index is -3.74. The van der Waals surface area contributed by atoms with Crippen molar-refractivity contribution in [2.45, 2.75) is 31.4 Å². The molecule has 0 aliphatic heterocycles. The standard InChI is InChI=1S/C24H25ClN2O5S/c1-16(2)27-33(29,30)20-11-12-23(31-3)22(14-20)26-24(28)17-8-6-9-19(13-17)32-15-18-7-4-5-10-21(18)25/h4-14,16,27H,15H2,1-3H3,(H,26,28). The topological polar surface area (TPSA) is 93.7 Å². The first-order chi connectivity index (χ1) is 15.7. The Hall–Kier alpha value is -3.07. The minimum Gasteiger partial charge on any atom is -0.495 e. The van der Waals surface area contributed by atoms with Crippen LogP contribution in [-0.4, -0.2) is 27.5 Å². The van der Waals surface area contributed by atoms with Gasteiger partial charge in [-0.05, 0) is 56.3 Å². The summed E-state index contributed by atoms with van der Waals surface area (Å²) in [5.41, 5.74) is 1.39. The van der Waals surface area contributed by atoms with Crippen LogP contribution >= 0.6 is 11.6 Å². The summed E-state index contributed by atoms with van der Waals surface area (Å²) in [6.07, 6.45) is 0. The highest BCUT2D eigenvalue weighted by Crippen LogP contribution is 2.28. The molecule has 0 aliphatic carbocycles. The van der Waals surface area contributed by atoms with Crippen molar-refractivity contribution in [3.05, 3.63) is 82.9 Å². The second-order valence-electron chi connectivity index (χ2n) is 7.50. The zero-order valence-corrected chi connectivity index (χ0v) is 20.0. The fraction of sp³-hybridized carbons (Fsp3) is 0.208. The van der Waals surface area contributed by atoms with Crippen LogP contribution in [0.5, 0.6) is 11.5 Å². The summed E-state index contributed by atoms with van der Waals surface area (Å²) in [6, 6.07) is 18.0. The number of methoxy groups -OCH3 is 1. The van der Waals surface area contributed by atoms with Gasteiger partial charge in [0.2, 0.25) is 10.0 Å². The summed E-state index contributed by atoms with van der Waals surface area (Å²) in [7, 11) is -2.30. The number of hydrogen-bond acceptors (Lipinski definition) is 5. The van der Waals surface area contributed by atoms with E-state index in [-0.39, 0.29) is 23.2 Å². The van der Waals surface area contributed by atoms with Crippen LogP contribution in [0.4, 0.5) is 5.69 Å². The van der Waals surface area contributed by atoms with Gasteiger partial charge >= 0.3 is 0 Å². The third-order valence-electron chi connectivity index (χ3n) is 4.57. The van der Waals surface area contributed by atoms with Gasteiger partial charge in [0.25, 0.3) is 5.91 Å². The van der Waals surface area contributed by atoms with Crippen molar-refractivity contribution in [1.82, 2.24) is 4.72 Å². The Morgan fingerprint density at radius 1 is 1.03 bits per heavy atom. The highest BCUT2D eigenvalue weighted by molar-refractivity contribution is 7.89. The molecule has 7 nitrogen and oxygen atoms in total. The van der Waals surface area contributed by atoms with Crippen LogP contribution in [0.1, 0.15) is 29.8 Å². The molecule has 0 saturated heterocycles. The molecule has 0 saturated carbocycles. The molecule has 0 radical (unpaired) electrons. The lowest BCUT2D eigenvalue weighted by Gasteiger charge is -2.14. The Bertz CT molecular complexity index is 1250. The van der Waals surface area contributed by atoms with Crippen molar-refractivity contribution in [1.29, 1.82) is 0 Å². The molecule has 3 aromatic rings. The Kier molecular flexibility index (Phi) is 7.97.